The molecule has 0 aliphatic rings. The van der Waals surface area contributed by atoms with Crippen molar-refractivity contribution in [1.82, 2.24) is 9.97 Å². The lowest BCUT2D eigenvalue weighted by molar-refractivity contribution is 0.997. The number of anilines is 2. The van der Waals surface area contributed by atoms with Crippen LogP contribution in [0, 0.1) is 20.8 Å². The lowest BCUT2D eigenvalue weighted by Gasteiger charge is -2.12. The normalized spacial score (nSPS) is 10.3. The second-order valence-corrected chi connectivity index (χ2v) is 4.58. The maximum Gasteiger partial charge on any atom is 0.148 e. The van der Waals surface area contributed by atoms with Crippen LogP contribution < -0.4 is 16.6 Å². The summed E-state index contributed by atoms with van der Waals surface area (Å²) in [7, 11) is 0. The van der Waals surface area contributed by atoms with E-state index in [2.05, 4.69) is 51.9 Å². The fourth-order valence-corrected chi connectivity index (χ4v) is 1.83. The fraction of sp³-hybridized carbons (Fsp3) is 0.286. The molecule has 5 nitrogen and oxygen atoms in total. The van der Waals surface area contributed by atoms with E-state index in [0.717, 1.165) is 17.9 Å². The third-order valence-electron chi connectivity index (χ3n) is 2.97. The van der Waals surface area contributed by atoms with E-state index in [9.17, 15) is 0 Å². The molecule has 4 N–H and O–H groups in total. The average Bonchev–Trinajstić information content (AvgIpc) is 2.41. The van der Waals surface area contributed by atoms with Crippen LogP contribution in [0.15, 0.2) is 24.3 Å². The quantitative estimate of drug-likeness (QED) is 0.579. The Morgan fingerprint density at radius 3 is 2.26 bits per heavy atom. The molecule has 0 atom stereocenters. The van der Waals surface area contributed by atoms with Crippen LogP contribution in [0.4, 0.5) is 11.6 Å². The molecule has 2 aromatic rings. The van der Waals surface area contributed by atoms with Crippen LogP contribution in [-0.2, 0) is 6.54 Å². The number of nitrogens with zero attached hydrogens (tertiary/aromatic N) is 2. The van der Waals surface area contributed by atoms with Crippen molar-refractivity contribution in [2.24, 2.45) is 5.84 Å². The Balaban J connectivity index is 2.15. The summed E-state index contributed by atoms with van der Waals surface area (Å²) in [6.45, 7) is 6.58. The Morgan fingerprint density at radius 1 is 1.00 bits per heavy atom. The van der Waals surface area contributed by atoms with Crippen LogP contribution in [0.1, 0.15) is 22.5 Å². The van der Waals surface area contributed by atoms with Crippen LogP contribution >= 0.6 is 0 Å². The number of nitrogens with one attached hydrogen (secondary N) is 2. The highest BCUT2D eigenvalue weighted by molar-refractivity contribution is 5.56. The largest absolute Gasteiger partial charge is 0.366 e. The summed E-state index contributed by atoms with van der Waals surface area (Å²) in [6, 6.07) is 8.41. The molecule has 1 heterocycles. The SMILES string of the molecule is Cc1ccc(CNc2nc(C)nc(NN)c2C)cc1. The maximum absolute atomic E-state index is 5.44. The summed E-state index contributed by atoms with van der Waals surface area (Å²) in [5.41, 5.74) is 5.98. The molecule has 0 fully saturated rings. The van der Waals surface area contributed by atoms with E-state index >= 15 is 0 Å². The van der Waals surface area contributed by atoms with E-state index in [-0.39, 0.29) is 0 Å². The molecule has 0 aliphatic carbocycles. The van der Waals surface area contributed by atoms with Crippen molar-refractivity contribution in [3.63, 3.8) is 0 Å². The number of benzene rings is 1. The molecule has 1 aromatic carbocycles. The van der Waals surface area contributed by atoms with E-state index in [1.165, 1.54) is 11.1 Å². The third-order valence-corrected chi connectivity index (χ3v) is 2.97. The number of hydrazine groups is 1. The van der Waals surface area contributed by atoms with Crippen molar-refractivity contribution < 1.29 is 0 Å². The first-order valence-electron chi connectivity index (χ1n) is 6.21. The predicted octanol–water partition coefficient (Wildman–Crippen LogP) is 2.30. The molecule has 0 amide bonds. The van der Waals surface area contributed by atoms with Gasteiger partial charge in [0.25, 0.3) is 0 Å². The van der Waals surface area contributed by atoms with Crippen molar-refractivity contribution in [1.29, 1.82) is 0 Å². The zero-order valence-electron chi connectivity index (χ0n) is 11.5. The molecule has 0 radical (unpaired) electrons. The van der Waals surface area contributed by atoms with E-state index in [0.29, 0.717) is 11.6 Å². The van der Waals surface area contributed by atoms with Gasteiger partial charge in [-0.15, -0.1) is 0 Å². The molecular formula is C14H19N5. The predicted molar refractivity (Wildman–Crippen MR) is 77.8 cm³/mol. The summed E-state index contributed by atoms with van der Waals surface area (Å²) >= 11 is 0. The van der Waals surface area contributed by atoms with E-state index in [1.807, 2.05) is 13.8 Å². The topological polar surface area (TPSA) is 75.9 Å². The van der Waals surface area contributed by atoms with Crippen LogP contribution in [0.3, 0.4) is 0 Å². The minimum atomic E-state index is 0.652. The standard InChI is InChI=1S/C14H19N5/c1-9-4-6-12(7-5-9)8-16-13-10(2)14(19-15)18-11(3)17-13/h4-7H,8,15H2,1-3H3,(H2,16,17,18,19). The molecule has 1 aromatic heterocycles. The maximum atomic E-state index is 5.44. The van der Waals surface area contributed by atoms with Crippen molar-refractivity contribution >= 4 is 11.6 Å². The number of nitrogen functional groups attached to an aromatic ring is 1. The van der Waals surface area contributed by atoms with Crippen LogP contribution in [-0.4, -0.2) is 9.97 Å². The van der Waals surface area contributed by atoms with E-state index < -0.39 is 0 Å². The second-order valence-electron chi connectivity index (χ2n) is 4.58. The minimum Gasteiger partial charge on any atom is -0.366 e. The van der Waals surface area contributed by atoms with Crippen LogP contribution in [0.5, 0.6) is 0 Å². The highest BCUT2D eigenvalue weighted by Gasteiger charge is 2.07. The van der Waals surface area contributed by atoms with Crippen molar-refractivity contribution in [2.75, 3.05) is 10.7 Å². The number of aromatic nitrogens is 2. The first kappa shape index (κ1) is 13.3. The van der Waals surface area contributed by atoms with Gasteiger partial charge in [-0.25, -0.2) is 15.8 Å². The van der Waals surface area contributed by atoms with Gasteiger partial charge in [-0.05, 0) is 26.3 Å². The van der Waals surface area contributed by atoms with Gasteiger partial charge < -0.3 is 10.7 Å². The summed E-state index contributed by atoms with van der Waals surface area (Å²) in [4.78, 5) is 8.63. The molecule has 100 valence electrons. The number of rotatable bonds is 4. The van der Waals surface area contributed by atoms with Gasteiger partial charge in [0, 0.05) is 12.1 Å². The van der Waals surface area contributed by atoms with Crippen LogP contribution in [0.25, 0.3) is 0 Å². The third kappa shape index (κ3) is 3.20. The van der Waals surface area contributed by atoms with Crippen molar-refractivity contribution in [2.45, 2.75) is 27.3 Å². The molecule has 0 unspecified atom stereocenters. The molecule has 5 heteroatoms. The zero-order valence-corrected chi connectivity index (χ0v) is 11.5. The summed E-state index contributed by atoms with van der Waals surface area (Å²) < 4.78 is 0. The Morgan fingerprint density at radius 2 is 1.63 bits per heavy atom. The first-order chi connectivity index (χ1) is 9.10. The molecule has 2 rings (SSSR count). The monoisotopic (exact) mass is 257 g/mol. The van der Waals surface area contributed by atoms with Gasteiger partial charge in [-0.1, -0.05) is 29.8 Å². The Kier molecular flexibility index (Phi) is 3.97. The average molecular weight is 257 g/mol. The Labute approximate surface area is 113 Å². The molecule has 0 bridgehead atoms. The van der Waals surface area contributed by atoms with Crippen molar-refractivity contribution in [3.8, 4) is 0 Å². The zero-order chi connectivity index (χ0) is 13.8. The summed E-state index contributed by atoms with van der Waals surface area (Å²) in [5, 5.41) is 3.32. The number of aryl methyl sites for hydroxylation is 2. The van der Waals surface area contributed by atoms with E-state index in [4.69, 9.17) is 5.84 Å². The highest BCUT2D eigenvalue weighted by Crippen LogP contribution is 2.19. The molecular weight excluding hydrogens is 238 g/mol. The number of hydrogen-bond acceptors (Lipinski definition) is 5. The first-order valence-corrected chi connectivity index (χ1v) is 6.21. The minimum absolute atomic E-state index is 0.652. The lowest BCUT2D eigenvalue weighted by Crippen LogP contribution is -2.14. The van der Waals surface area contributed by atoms with Gasteiger partial charge in [0.1, 0.15) is 17.5 Å². The van der Waals surface area contributed by atoms with Gasteiger partial charge in [-0.2, -0.15) is 0 Å². The molecule has 0 aliphatic heterocycles. The molecule has 19 heavy (non-hydrogen) atoms. The van der Waals surface area contributed by atoms with Gasteiger partial charge >= 0.3 is 0 Å². The Hall–Kier alpha value is -2.14. The fourth-order valence-electron chi connectivity index (χ4n) is 1.83. The molecule has 0 spiro atoms. The van der Waals surface area contributed by atoms with E-state index in [1.54, 1.807) is 0 Å². The van der Waals surface area contributed by atoms with Gasteiger partial charge in [0.2, 0.25) is 0 Å². The smallest absolute Gasteiger partial charge is 0.148 e. The molecule has 0 saturated carbocycles. The summed E-state index contributed by atoms with van der Waals surface area (Å²) in [5.74, 6) is 7.59. The van der Waals surface area contributed by atoms with Gasteiger partial charge in [-0.3, -0.25) is 0 Å². The van der Waals surface area contributed by atoms with Gasteiger partial charge in [0.05, 0.1) is 0 Å². The lowest BCUT2D eigenvalue weighted by atomic mass is 10.1. The molecule has 0 saturated heterocycles. The van der Waals surface area contributed by atoms with Crippen LogP contribution in [0.2, 0.25) is 0 Å². The highest BCUT2D eigenvalue weighted by atomic mass is 15.3. The van der Waals surface area contributed by atoms with Gasteiger partial charge in [0.15, 0.2) is 0 Å². The second kappa shape index (κ2) is 5.67. The Bertz CT molecular complexity index is 563. The number of nitrogens with two attached hydrogens (primary N) is 1. The van der Waals surface area contributed by atoms with Crippen molar-refractivity contribution in [3.05, 3.63) is 46.8 Å². The number of hydrogen-bond donors (Lipinski definition) is 3. The summed E-state index contributed by atoms with van der Waals surface area (Å²) in [6.07, 6.45) is 0.